The SMILES string of the molecule is CC(C)(C)OC(=O)C1CCCC[C@@H]1NC(=O)[C@H](Cc1cnc[nH]1)NC(=O)[C@@H](N)Cc1ccccc1. The van der Waals surface area contributed by atoms with E-state index in [9.17, 15) is 14.4 Å². The van der Waals surface area contributed by atoms with Crippen LogP contribution in [0, 0.1) is 5.92 Å². The molecule has 9 heteroatoms. The molecular formula is C26H37N5O4. The molecule has 1 heterocycles. The lowest BCUT2D eigenvalue weighted by molar-refractivity contribution is -0.162. The van der Waals surface area contributed by atoms with Crippen LogP contribution in [0.5, 0.6) is 0 Å². The number of amides is 2. The van der Waals surface area contributed by atoms with E-state index in [1.54, 1.807) is 6.20 Å². The fourth-order valence-corrected chi connectivity index (χ4v) is 4.31. The van der Waals surface area contributed by atoms with E-state index in [0.717, 1.165) is 18.4 Å². The van der Waals surface area contributed by atoms with Crippen LogP contribution in [0.2, 0.25) is 0 Å². The van der Waals surface area contributed by atoms with Gasteiger partial charge in [-0.3, -0.25) is 14.4 Å². The average molecular weight is 484 g/mol. The molecule has 190 valence electrons. The zero-order valence-corrected chi connectivity index (χ0v) is 20.8. The van der Waals surface area contributed by atoms with Gasteiger partial charge in [0, 0.05) is 24.4 Å². The van der Waals surface area contributed by atoms with Crippen molar-refractivity contribution in [3.05, 3.63) is 54.1 Å². The van der Waals surface area contributed by atoms with Crippen LogP contribution in [0.4, 0.5) is 0 Å². The number of carbonyl (C=O) groups excluding carboxylic acids is 3. The Hall–Kier alpha value is -3.20. The molecule has 9 nitrogen and oxygen atoms in total. The molecule has 0 spiro atoms. The maximum absolute atomic E-state index is 13.4. The third-order valence-corrected chi connectivity index (χ3v) is 6.05. The maximum atomic E-state index is 13.4. The van der Waals surface area contributed by atoms with E-state index < -0.39 is 29.5 Å². The van der Waals surface area contributed by atoms with Gasteiger partial charge in [-0.1, -0.05) is 43.2 Å². The number of aromatic nitrogens is 2. The second kappa shape index (κ2) is 12.0. The number of esters is 1. The van der Waals surface area contributed by atoms with Gasteiger partial charge in [-0.2, -0.15) is 0 Å². The van der Waals surface area contributed by atoms with Gasteiger partial charge in [0.05, 0.1) is 18.3 Å². The van der Waals surface area contributed by atoms with Gasteiger partial charge in [-0.15, -0.1) is 0 Å². The predicted octanol–water partition coefficient (Wildman–Crippen LogP) is 2.02. The molecule has 35 heavy (non-hydrogen) atoms. The summed E-state index contributed by atoms with van der Waals surface area (Å²) in [5.74, 6) is -1.50. The van der Waals surface area contributed by atoms with Crippen molar-refractivity contribution in [2.75, 3.05) is 0 Å². The van der Waals surface area contributed by atoms with E-state index >= 15 is 0 Å². The Kier molecular flexibility index (Phi) is 9.03. The number of benzene rings is 1. The fourth-order valence-electron chi connectivity index (χ4n) is 4.31. The van der Waals surface area contributed by atoms with Gasteiger partial charge in [0.25, 0.3) is 0 Å². The lowest BCUT2D eigenvalue weighted by atomic mass is 9.84. The van der Waals surface area contributed by atoms with Crippen molar-refractivity contribution in [1.29, 1.82) is 0 Å². The Balaban J connectivity index is 1.69. The highest BCUT2D eigenvalue weighted by atomic mass is 16.6. The van der Waals surface area contributed by atoms with Crippen LogP contribution in [0.1, 0.15) is 57.7 Å². The number of imidazole rings is 1. The number of ether oxygens (including phenoxy) is 1. The molecule has 1 unspecified atom stereocenters. The zero-order valence-electron chi connectivity index (χ0n) is 20.8. The second-order valence-corrected chi connectivity index (χ2v) is 10.2. The second-order valence-electron chi connectivity index (χ2n) is 10.2. The summed E-state index contributed by atoms with van der Waals surface area (Å²) >= 11 is 0. The Labute approximate surface area is 206 Å². The summed E-state index contributed by atoms with van der Waals surface area (Å²) in [6.07, 6.45) is 6.84. The third-order valence-electron chi connectivity index (χ3n) is 6.05. The average Bonchev–Trinajstić information content (AvgIpc) is 3.31. The van der Waals surface area contributed by atoms with Crippen molar-refractivity contribution < 1.29 is 19.1 Å². The van der Waals surface area contributed by atoms with Crippen molar-refractivity contribution in [3.8, 4) is 0 Å². The quantitative estimate of drug-likeness (QED) is 0.403. The highest BCUT2D eigenvalue weighted by molar-refractivity contribution is 5.90. The number of carbonyl (C=O) groups is 3. The molecule has 1 fully saturated rings. The molecule has 1 aliphatic carbocycles. The number of hydrogen-bond acceptors (Lipinski definition) is 6. The first-order valence-electron chi connectivity index (χ1n) is 12.2. The Morgan fingerprint density at radius 2 is 1.83 bits per heavy atom. The van der Waals surface area contributed by atoms with E-state index in [2.05, 4.69) is 20.6 Å². The van der Waals surface area contributed by atoms with Gasteiger partial charge >= 0.3 is 5.97 Å². The minimum absolute atomic E-state index is 0.222. The zero-order chi connectivity index (χ0) is 25.4. The smallest absolute Gasteiger partial charge is 0.311 e. The lowest BCUT2D eigenvalue weighted by Gasteiger charge is -2.33. The molecule has 1 aromatic carbocycles. The van der Waals surface area contributed by atoms with E-state index in [0.29, 0.717) is 25.0 Å². The number of rotatable bonds is 9. The van der Waals surface area contributed by atoms with E-state index in [1.807, 2.05) is 51.1 Å². The van der Waals surface area contributed by atoms with Gasteiger partial charge in [0.1, 0.15) is 11.6 Å². The molecule has 2 aromatic rings. The van der Waals surface area contributed by atoms with Crippen LogP contribution in [0.3, 0.4) is 0 Å². The van der Waals surface area contributed by atoms with Crippen molar-refractivity contribution in [2.45, 2.75) is 83.0 Å². The largest absolute Gasteiger partial charge is 0.460 e. The van der Waals surface area contributed by atoms with Crippen LogP contribution < -0.4 is 16.4 Å². The number of nitrogens with zero attached hydrogens (tertiary/aromatic N) is 1. The molecule has 0 aliphatic heterocycles. The third kappa shape index (κ3) is 8.20. The van der Waals surface area contributed by atoms with Crippen LogP contribution in [0.25, 0.3) is 0 Å². The first kappa shape index (κ1) is 26.4. The Morgan fingerprint density at radius 3 is 2.49 bits per heavy atom. The molecule has 4 atom stereocenters. The van der Waals surface area contributed by atoms with Crippen molar-refractivity contribution in [1.82, 2.24) is 20.6 Å². The molecule has 0 bridgehead atoms. The van der Waals surface area contributed by atoms with Gasteiger partial charge in [-0.05, 0) is 45.6 Å². The van der Waals surface area contributed by atoms with E-state index in [-0.39, 0.29) is 24.3 Å². The summed E-state index contributed by atoms with van der Waals surface area (Å²) in [7, 11) is 0. The van der Waals surface area contributed by atoms with Crippen molar-refractivity contribution in [3.63, 3.8) is 0 Å². The molecule has 1 aliphatic rings. The summed E-state index contributed by atoms with van der Waals surface area (Å²) in [5.41, 5.74) is 7.19. The molecule has 5 N–H and O–H groups in total. The molecule has 1 saturated carbocycles. The number of aromatic amines is 1. The summed E-state index contributed by atoms with van der Waals surface area (Å²) < 4.78 is 5.60. The maximum Gasteiger partial charge on any atom is 0.311 e. The molecule has 0 radical (unpaired) electrons. The molecular weight excluding hydrogens is 446 g/mol. The minimum atomic E-state index is -0.869. The summed E-state index contributed by atoms with van der Waals surface area (Å²) in [6, 6.07) is 7.45. The Morgan fingerprint density at radius 1 is 1.11 bits per heavy atom. The molecule has 0 saturated heterocycles. The number of H-pyrrole nitrogens is 1. The molecule has 1 aromatic heterocycles. The van der Waals surface area contributed by atoms with Crippen LogP contribution >= 0.6 is 0 Å². The minimum Gasteiger partial charge on any atom is -0.460 e. The summed E-state index contributed by atoms with van der Waals surface area (Å²) in [6.45, 7) is 5.49. The normalized spacial score (nSPS) is 19.9. The van der Waals surface area contributed by atoms with Crippen LogP contribution in [-0.2, 0) is 32.0 Å². The highest BCUT2D eigenvalue weighted by Crippen LogP contribution is 2.27. The van der Waals surface area contributed by atoms with Gasteiger partial charge in [0.15, 0.2) is 0 Å². The topological polar surface area (TPSA) is 139 Å². The van der Waals surface area contributed by atoms with Gasteiger partial charge in [0.2, 0.25) is 11.8 Å². The number of nitrogens with one attached hydrogen (secondary N) is 3. The van der Waals surface area contributed by atoms with Gasteiger partial charge in [-0.25, -0.2) is 4.98 Å². The lowest BCUT2D eigenvalue weighted by Crippen LogP contribution is -2.56. The first-order chi connectivity index (χ1) is 16.6. The van der Waals surface area contributed by atoms with Crippen LogP contribution in [-0.4, -0.2) is 51.5 Å². The van der Waals surface area contributed by atoms with E-state index in [4.69, 9.17) is 10.5 Å². The molecule has 3 rings (SSSR count). The summed E-state index contributed by atoms with van der Waals surface area (Å²) in [4.78, 5) is 46.0. The number of nitrogens with two attached hydrogens (primary N) is 1. The standard InChI is InChI=1S/C26H37N5O4/c1-26(2,3)35-25(34)19-11-7-8-12-21(19)30-24(33)22(14-18-15-28-16-29-18)31-23(32)20(27)13-17-9-5-4-6-10-17/h4-6,9-10,15-16,19-22H,7-8,11-14,27H2,1-3H3,(H,28,29)(H,30,33)(H,31,32)/t19?,20-,21-,22-/m0/s1. The van der Waals surface area contributed by atoms with Crippen LogP contribution in [0.15, 0.2) is 42.9 Å². The first-order valence-corrected chi connectivity index (χ1v) is 12.2. The number of hydrogen-bond donors (Lipinski definition) is 4. The molecule has 2 amide bonds. The highest BCUT2D eigenvalue weighted by Gasteiger charge is 2.36. The van der Waals surface area contributed by atoms with Crippen molar-refractivity contribution >= 4 is 17.8 Å². The summed E-state index contributed by atoms with van der Waals surface area (Å²) in [5, 5.41) is 5.82. The predicted molar refractivity (Wildman–Crippen MR) is 132 cm³/mol. The van der Waals surface area contributed by atoms with E-state index in [1.165, 1.54) is 6.33 Å². The monoisotopic (exact) mass is 483 g/mol. The van der Waals surface area contributed by atoms with Gasteiger partial charge < -0.3 is 26.1 Å². The van der Waals surface area contributed by atoms with Crippen molar-refractivity contribution in [2.24, 2.45) is 11.7 Å². The fraction of sp³-hybridized carbons (Fsp3) is 0.538. The Bertz CT molecular complexity index is 971.